The van der Waals surface area contributed by atoms with Crippen LogP contribution in [0, 0.1) is 11.7 Å². The summed E-state index contributed by atoms with van der Waals surface area (Å²) in [7, 11) is 0. The molecule has 2 N–H and O–H groups in total. The van der Waals surface area contributed by atoms with Crippen LogP contribution in [0.4, 0.5) is 10.1 Å². The largest absolute Gasteiger partial charge is 0.396 e. The van der Waals surface area contributed by atoms with Gasteiger partial charge in [0.05, 0.1) is 5.69 Å². The van der Waals surface area contributed by atoms with E-state index in [9.17, 15) is 4.39 Å². The first kappa shape index (κ1) is 10.5. The molecule has 0 saturated heterocycles. The third-order valence-corrected chi connectivity index (χ3v) is 3.60. The Hall–Kier alpha value is -1.05. The van der Waals surface area contributed by atoms with E-state index in [0.717, 1.165) is 12.0 Å². The van der Waals surface area contributed by atoms with Gasteiger partial charge in [-0.25, -0.2) is 4.39 Å². The Morgan fingerprint density at radius 2 is 2.00 bits per heavy atom. The van der Waals surface area contributed by atoms with Crippen molar-refractivity contribution in [2.75, 3.05) is 5.73 Å². The van der Waals surface area contributed by atoms with Gasteiger partial charge in [-0.05, 0) is 29.9 Å². The number of hydrogen-bond donors (Lipinski definition) is 1. The van der Waals surface area contributed by atoms with Gasteiger partial charge in [0.1, 0.15) is 5.82 Å². The number of benzene rings is 1. The Bertz CT molecular complexity index is 348. The summed E-state index contributed by atoms with van der Waals surface area (Å²) in [4.78, 5) is 0. The highest BCUT2D eigenvalue weighted by molar-refractivity contribution is 5.50. The fraction of sp³-hybridized carbons (Fsp3) is 0.538. The molecule has 82 valence electrons. The summed E-state index contributed by atoms with van der Waals surface area (Å²) in [5, 5.41) is 0. The number of anilines is 1. The molecule has 2 atom stereocenters. The molecule has 0 unspecified atom stereocenters. The number of para-hydroxylation sites is 1. The van der Waals surface area contributed by atoms with Gasteiger partial charge in [-0.2, -0.15) is 0 Å². The van der Waals surface area contributed by atoms with Crippen molar-refractivity contribution in [3.63, 3.8) is 0 Å². The second-order valence-electron chi connectivity index (χ2n) is 4.61. The van der Waals surface area contributed by atoms with Crippen LogP contribution in [-0.2, 0) is 0 Å². The monoisotopic (exact) mass is 207 g/mol. The summed E-state index contributed by atoms with van der Waals surface area (Å²) in [6.07, 6.45) is 4.92. The molecule has 0 amide bonds. The van der Waals surface area contributed by atoms with Gasteiger partial charge in [0, 0.05) is 0 Å². The van der Waals surface area contributed by atoms with Gasteiger partial charge in [0.15, 0.2) is 0 Å². The van der Waals surface area contributed by atoms with Gasteiger partial charge >= 0.3 is 0 Å². The first-order valence-corrected chi connectivity index (χ1v) is 5.74. The molecule has 1 nitrogen and oxygen atoms in total. The molecule has 15 heavy (non-hydrogen) atoms. The minimum Gasteiger partial charge on any atom is -0.396 e. The highest BCUT2D eigenvalue weighted by Crippen LogP contribution is 2.40. The molecule has 0 aliphatic heterocycles. The lowest BCUT2D eigenvalue weighted by atomic mass is 9.76. The first-order chi connectivity index (χ1) is 7.20. The molecular formula is C13H18FN. The predicted octanol–water partition coefficient (Wildman–Crippen LogP) is 3.70. The van der Waals surface area contributed by atoms with E-state index in [1.165, 1.54) is 25.3 Å². The average molecular weight is 207 g/mol. The fourth-order valence-electron chi connectivity index (χ4n) is 2.66. The zero-order valence-electron chi connectivity index (χ0n) is 9.17. The van der Waals surface area contributed by atoms with Crippen LogP contribution in [-0.4, -0.2) is 0 Å². The van der Waals surface area contributed by atoms with E-state index in [-0.39, 0.29) is 5.82 Å². The van der Waals surface area contributed by atoms with Crippen molar-refractivity contribution in [1.82, 2.24) is 0 Å². The van der Waals surface area contributed by atoms with Gasteiger partial charge in [0.25, 0.3) is 0 Å². The standard InChI is InChI=1S/C13H18FN/c1-9-5-2-3-6-10(9)11-7-4-8-12(14)13(11)15/h4,7-10H,2-3,5-6,15H2,1H3/t9-,10-/m1/s1. The molecule has 2 rings (SSSR count). The maximum atomic E-state index is 13.3. The Morgan fingerprint density at radius 1 is 1.27 bits per heavy atom. The van der Waals surface area contributed by atoms with E-state index in [1.54, 1.807) is 6.07 Å². The Balaban J connectivity index is 2.31. The molecule has 1 aliphatic rings. The van der Waals surface area contributed by atoms with Crippen LogP contribution in [0.1, 0.15) is 44.1 Å². The first-order valence-electron chi connectivity index (χ1n) is 5.74. The second kappa shape index (κ2) is 4.21. The van der Waals surface area contributed by atoms with E-state index in [1.807, 2.05) is 6.07 Å². The van der Waals surface area contributed by atoms with Crippen molar-refractivity contribution >= 4 is 5.69 Å². The molecule has 1 aliphatic carbocycles. The van der Waals surface area contributed by atoms with E-state index in [4.69, 9.17) is 5.73 Å². The summed E-state index contributed by atoms with van der Waals surface area (Å²) in [5.74, 6) is 0.808. The summed E-state index contributed by atoms with van der Waals surface area (Å²) < 4.78 is 13.3. The highest BCUT2D eigenvalue weighted by atomic mass is 19.1. The predicted molar refractivity (Wildman–Crippen MR) is 61.2 cm³/mol. The topological polar surface area (TPSA) is 26.0 Å². The maximum Gasteiger partial charge on any atom is 0.146 e. The van der Waals surface area contributed by atoms with Gasteiger partial charge in [-0.15, -0.1) is 0 Å². The molecule has 1 aromatic rings. The van der Waals surface area contributed by atoms with Crippen molar-refractivity contribution in [1.29, 1.82) is 0 Å². The van der Waals surface area contributed by atoms with Crippen LogP contribution >= 0.6 is 0 Å². The molecule has 2 heteroatoms. The number of halogens is 1. The molecule has 1 saturated carbocycles. The Morgan fingerprint density at radius 3 is 2.73 bits per heavy atom. The van der Waals surface area contributed by atoms with Crippen LogP contribution in [0.3, 0.4) is 0 Å². The Labute approximate surface area is 90.5 Å². The second-order valence-corrected chi connectivity index (χ2v) is 4.61. The Kier molecular flexibility index (Phi) is 2.94. The molecule has 1 aromatic carbocycles. The van der Waals surface area contributed by atoms with Crippen molar-refractivity contribution < 1.29 is 4.39 Å². The van der Waals surface area contributed by atoms with Crippen molar-refractivity contribution in [3.05, 3.63) is 29.6 Å². The van der Waals surface area contributed by atoms with Crippen molar-refractivity contribution in [2.45, 2.75) is 38.5 Å². The summed E-state index contributed by atoms with van der Waals surface area (Å²) >= 11 is 0. The van der Waals surface area contributed by atoms with Gasteiger partial charge in [-0.3, -0.25) is 0 Å². The van der Waals surface area contributed by atoms with E-state index < -0.39 is 0 Å². The maximum absolute atomic E-state index is 13.3. The molecule has 0 radical (unpaired) electrons. The number of nitrogens with two attached hydrogens (primary N) is 1. The molecule has 0 heterocycles. The minimum absolute atomic E-state index is 0.273. The molecule has 0 spiro atoms. The smallest absolute Gasteiger partial charge is 0.146 e. The number of nitrogen functional groups attached to an aromatic ring is 1. The zero-order chi connectivity index (χ0) is 10.8. The third kappa shape index (κ3) is 1.99. The minimum atomic E-state index is -0.273. The van der Waals surface area contributed by atoms with Crippen LogP contribution in [0.2, 0.25) is 0 Å². The van der Waals surface area contributed by atoms with Crippen LogP contribution < -0.4 is 5.73 Å². The summed E-state index contributed by atoms with van der Waals surface area (Å²) in [6.45, 7) is 2.24. The molecule has 1 fully saturated rings. The SMILES string of the molecule is C[C@@H]1CCCC[C@H]1c1cccc(F)c1N. The molecule has 0 bridgehead atoms. The van der Waals surface area contributed by atoms with Gasteiger partial charge in [0.2, 0.25) is 0 Å². The van der Waals surface area contributed by atoms with Crippen LogP contribution in [0.5, 0.6) is 0 Å². The lowest BCUT2D eigenvalue weighted by molar-refractivity contribution is 0.331. The lowest BCUT2D eigenvalue weighted by Crippen LogP contribution is -2.16. The van der Waals surface area contributed by atoms with E-state index in [0.29, 0.717) is 17.5 Å². The van der Waals surface area contributed by atoms with Crippen molar-refractivity contribution in [2.24, 2.45) is 5.92 Å². The number of hydrogen-bond acceptors (Lipinski definition) is 1. The molecule has 0 aromatic heterocycles. The molecular weight excluding hydrogens is 189 g/mol. The van der Waals surface area contributed by atoms with Gasteiger partial charge < -0.3 is 5.73 Å². The van der Waals surface area contributed by atoms with Crippen molar-refractivity contribution in [3.8, 4) is 0 Å². The van der Waals surface area contributed by atoms with E-state index >= 15 is 0 Å². The summed E-state index contributed by atoms with van der Waals surface area (Å²) in [5.41, 5.74) is 7.17. The average Bonchev–Trinajstić information content (AvgIpc) is 2.23. The summed E-state index contributed by atoms with van der Waals surface area (Å²) in [6, 6.07) is 5.18. The van der Waals surface area contributed by atoms with E-state index in [2.05, 4.69) is 6.92 Å². The van der Waals surface area contributed by atoms with Gasteiger partial charge in [-0.1, -0.05) is 38.3 Å². The zero-order valence-corrected chi connectivity index (χ0v) is 9.17. The fourth-order valence-corrected chi connectivity index (χ4v) is 2.66. The van der Waals surface area contributed by atoms with Crippen LogP contribution in [0.25, 0.3) is 0 Å². The highest BCUT2D eigenvalue weighted by Gasteiger charge is 2.25. The third-order valence-electron chi connectivity index (χ3n) is 3.60. The lowest BCUT2D eigenvalue weighted by Gasteiger charge is -2.30. The quantitative estimate of drug-likeness (QED) is 0.698. The normalized spacial score (nSPS) is 26.5. The number of rotatable bonds is 1. The van der Waals surface area contributed by atoms with Crippen LogP contribution in [0.15, 0.2) is 18.2 Å².